The van der Waals surface area contributed by atoms with Crippen LogP contribution in [0.2, 0.25) is 5.02 Å². The van der Waals surface area contributed by atoms with Crippen molar-refractivity contribution in [3.63, 3.8) is 0 Å². The van der Waals surface area contributed by atoms with Crippen LogP contribution < -0.4 is 20.1 Å². The predicted octanol–water partition coefficient (Wildman–Crippen LogP) is 6.48. The monoisotopic (exact) mass is 533 g/mol. The molecule has 4 aromatic rings. The number of hydrogen-bond acceptors (Lipinski definition) is 6. The summed E-state index contributed by atoms with van der Waals surface area (Å²) < 4.78 is 10.7. The van der Waals surface area contributed by atoms with Gasteiger partial charge in [-0.05, 0) is 48.0 Å². The predicted molar refractivity (Wildman–Crippen MR) is 147 cm³/mol. The Morgan fingerprint density at radius 3 is 2.22 bits per heavy atom. The van der Waals surface area contributed by atoms with Crippen molar-refractivity contribution in [1.82, 2.24) is 4.98 Å². The van der Waals surface area contributed by atoms with Gasteiger partial charge in [-0.3, -0.25) is 9.59 Å². The van der Waals surface area contributed by atoms with Crippen molar-refractivity contribution in [2.24, 2.45) is 0 Å². The van der Waals surface area contributed by atoms with Crippen molar-refractivity contribution in [3.8, 4) is 11.5 Å². The van der Waals surface area contributed by atoms with Gasteiger partial charge >= 0.3 is 0 Å². The number of hydrogen-bond donors (Lipinski definition) is 2. The van der Waals surface area contributed by atoms with Crippen molar-refractivity contribution in [3.05, 3.63) is 107 Å². The molecule has 7 nitrogen and oxygen atoms in total. The first-order chi connectivity index (χ1) is 18.0. The molecule has 9 heteroatoms. The first-order valence-electron chi connectivity index (χ1n) is 11.2. The van der Waals surface area contributed by atoms with Gasteiger partial charge in [0.25, 0.3) is 5.91 Å². The Morgan fingerprint density at radius 2 is 1.57 bits per heavy atom. The van der Waals surface area contributed by atoms with Gasteiger partial charge in [0.05, 0.1) is 19.2 Å². The first kappa shape index (κ1) is 26.1. The molecule has 0 saturated heterocycles. The molecule has 3 aromatic carbocycles. The second kappa shape index (κ2) is 12.3. The fourth-order valence-corrected chi connectivity index (χ4v) is 4.79. The molecule has 1 atom stereocenters. The number of thioether (sulfide) groups is 1. The molecule has 0 aliphatic rings. The van der Waals surface area contributed by atoms with E-state index in [1.807, 2.05) is 48.5 Å². The van der Waals surface area contributed by atoms with Gasteiger partial charge in [-0.25, -0.2) is 4.98 Å². The first-order valence-corrected chi connectivity index (χ1v) is 12.5. The summed E-state index contributed by atoms with van der Waals surface area (Å²) in [6.07, 6.45) is 1.48. The quantitative estimate of drug-likeness (QED) is 0.239. The Hall–Kier alpha value is -4.01. The summed E-state index contributed by atoms with van der Waals surface area (Å²) in [6.45, 7) is 0. The SMILES string of the molecule is COc1cccc(OC)c1C(=O)Nc1cccc(SC(C(=O)Nc2ccc(Cl)cn2)c2ccccc2)c1. The molecule has 2 N–H and O–H groups in total. The zero-order valence-corrected chi connectivity index (χ0v) is 21.7. The number of pyridine rings is 1. The highest BCUT2D eigenvalue weighted by Crippen LogP contribution is 2.37. The summed E-state index contributed by atoms with van der Waals surface area (Å²) in [5, 5.41) is 5.67. The maximum atomic E-state index is 13.3. The molecular weight excluding hydrogens is 510 g/mol. The standard InChI is InChI=1S/C28H24ClN3O4S/c1-35-22-12-7-13-23(36-2)25(22)27(33)31-20-10-6-11-21(16-20)37-26(18-8-4-3-5-9-18)28(34)32-24-15-14-19(29)17-30-24/h3-17,26H,1-2H3,(H,31,33)(H,30,32,34). The third kappa shape index (κ3) is 6.61. The number of halogens is 1. The van der Waals surface area contributed by atoms with Crippen LogP contribution >= 0.6 is 23.4 Å². The molecule has 2 amide bonds. The van der Waals surface area contributed by atoms with E-state index in [4.69, 9.17) is 21.1 Å². The van der Waals surface area contributed by atoms with Crippen molar-refractivity contribution >= 4 is 46.7 Å². The van der Waals surface area contributed by atoms with Crippen LogP contribution in [0.5, 0.6) is 11.5 Å². The molecule has 37 heavy (non-hydrogen) atoms. The summed E-state index contributed by atoms with van der Waals surface area (Å²) in [6, 6.07) is 25.2. The van der Waals surface area contributed by atoms with Gasteiger partial charge in [-0.1, -0.05) is 54.1 Å². The number of amides is 2. The number of anilines is 2. The zero-order valence-electron chi connectivity index (χ0n) is 20.1. The molecule has 1 unspecified atom stereocenters. The van der Waals surface area contributed by atoms with E-state index < -0.39 is 5.25 Å². The average molecular weight is 534 g/mol. The second-order valence-electron chi connectivity index (χ2n) is 7.78. The lowest BCUT2D eigenvalue weighted by Gasteiger charge is -2.18. The van der Waals surface area contributed by atoms with E-state index in [9.17, 15) is 9.59 Å². The number of methoxy groups -OCH3 is 2. The fourth-order valence-electron chi connectivity index (χ4n) is 3.59. The van der Waals surface area contributed by atoms with Crippen LogP contribution in [0.4, 0.5) is 11.5 Å². The molecular formula is C28H24ClN3O4S. The molecule has 0 bridgehead atoms. The molecule has 0 aliphatic heterocycles. The number of rotatable bonds is 9. The second-order valence-corrected chi connectivity index (χ2v) is 9.39. The van der Waals surface area contributed by atoms with E-state index in [1.165, 1.54) is 32.2 Å². The van der Waals surface area contributed by atoms with E-state index in [0.717, 1.165) is 10.5 Å². The van der Waals surface area contributed by atoms with E-state index >= 15 is 0 Å². The van der Waals surface area contributed by atoms with Gasteiger partial charge in [-0.2, -0.15) is 0 Å². The molecule has 4 rings (SSSR count). The minimum atomic E-state index is -0.570. The van der Waals surface area contributed by atoms with Gasteiger partial charge in [0.2, 0.25) is 5.91 Å². The maximum absolute atomic E-state index is 13.3. The Bertz CT molecular complexity index is 1360. The summed E-state index contributed by atoms with van der Waals surface area (Å²) in [5.74, 6) is 0.600. The Labute approximate surface area is 224 Å². The van der Waals surface area contributed by atoms with Gasteiger partial charge in [0.1, 0.15) is 28.1 Å². The van der Waals surface area contributed by atoms with Crippen LogP contribution in [0.25, 0.3) is 0 Å². The van der Waals surface area contributed by atoms with Gasteiger partial charge in [-0.15, -0.1) is 11.8 Å². The Balaban J connectivity index is 1.56. The number of benzene rings is 3. The van der Waals surface area contributed by atoms with E-state index in [2.05, 4.69) is 15.6 Å². The molecule has 1 heterocycles. The number of ether oxygens (including phenoxy) is 2. The fraction of sp³-hybridized carbons (Fsp3) is 0.107. The topological polar surface area (TPSA) is 89.5 Å². The van der Waals surface area contributed by atoms with Gasteiger partial charge in [0.15, 0.2) is 0 Å². The number of aromatic nitrogens is 1. The Morgan fingerprint density at radius 1 is 0.865 bits per heavy atom. The summed E-state index contributed by atoms with van der Waals surface area (Å²) in [7, 11) is 2.99. The molecule has 0 fully saturated rings. The van der Waals surface area contributed by atoms with Gasteiger partial charge < -0.3 is 20.1 Å². The average Bonchev–Trinajstić information content (AvgIpc) is 2.93. The minimum absolute atomic E-state index is 0.237. The number of carbonyl (C=O) groups excluding carboxylic acids is 2. The lowest BCUT2D eigenvalue weighted by molar-refractivity contribution is -0.115. The van der Waals surface area contributed by atoms with E-state index in [0.29, 0.717) is 33.6 Å². The van der Waals surface area contributed by atoms with Gasteiger partial charge in [0, 0.05) is 16.8 Å². The van der Waals surface area contributed by atoms with Crippen molar-refractivity contribution in [2.45, 2.75) is 10.1 Å². The number of nitrogens with one attached hydrogen (secondary N) is 2. The zero-order chi connectivity index (χ0) is 26.2. The normalized spacial score (nSPS) is 11.3. The van der Waals surface area contributed by atoms with Crippen molar-refractivity contribution in [2.75, 3.05) is 24.9 Å². The highest BCUT2D eigenvalue weighted by molar-refractivity contribution is 8.00. The summed E-state index contributed by atoms with van der Waals surface area (Å²) >= 11 is 7.27. The lowest BCUT2D eigenvalue weighted by Crippen LogP contribution is -2.19. The molecule has 0 saturated carbocycles. The molecule has 0 spiro atoms. The molecule has 1 aromatic heterocycles. The number of nitrogens with zero attached hydrogens (tertiary/aromatic N) is 1. The maximum Gasteiger partial charge on any atom is 0.263 e. The van der Waals surface area contributed by atoms with E-state index in [-0.39, 0.29) is 11.8 Å². The van der Waals surface area contributed by atoms with Crippen LogP contribution in [-0.4, -0.2) is 31.0 Å². The van der Waals surface area contributed by atoms with Crippen LogP contribution in [0.3, 0.4) is 0 Å². The van der Waals surface area contributed by atoms with Crippen LogP contribution in [0, 0.1) is 0 Å². The summed E-state index contributed by atoms with van der Waals surface area (Å²) in [5.41, 5.74) is 1.68. The largest absolute Gasteiger partial charge is 0.496 e. The minimum Gasteiger partial charge on any atom is -0.496 e. The molecule has 188 valence electrons. The smallest absolute Gasteiger partial charge is 0.263 e. The van der Waals surface area contributed by atoms with Crippen molar-refractivity contribution in [1.29, 1.82) is 0 Å². The third-order valence-corrected chi connectivity index (χ3v) is 6.79. The Kier molecular flexibility index (Phi) is 8.66. The highest BCUT2D eigenvalue weighted by Gasteiger charge is 2.23. The molecule has 0 aliphatic carbocycles. The highest BCUT2D eigenvalue weighted by atomic mass is 35.5. The van der Waals surface area contributed by atoms with Crippen LogP contribution in [0.1, 0.15) is 21.2 Å². The van der Waals surface area contributed by atoms with Crippen molar-refractivity contribution < 1.29 is 19.1 Å². The summed E-state index contributed by atoms with van der Waals surface area (Å²) in [4.78, 5) is 31.3. The lowest BCUT2D eigenvalue weighted by atomic mass is 10.1. The van der Waals surface area contributed by atoms with Crippen LogP contribution in [-0.2, 0) is 4.79 Å². The molecule has 0 radical (unpaired) electrons. The number of carbonyl (C=O) groups is 2. The van der Waals surface area contributed by atoms with Crippen LogP contribution in [0.15, 0.2) is 96.0 Å². The van der Waals surface area contributed by atoms with E-state index in [1.54, 1.807) is 36.4 Å². The third-order valence-electron chi connectivity index (χ3n) is 5.32.